The van der Waals surface area contributed by atoms with E-state index in [1.165, 1.54) is 12.1 Å². The number of benzene rings is 1. The van der Waals surface area contributed by atoms with Gasteiger partial charge in [0.25, 0.3) is 0 Å². The molecule has 2 N–H and O–H groups in total. The SMILES string of the molecule is CC(C)CCCOc1c(F)cc(CC(C)N)cc1F. The molecule has 0 fully saturated rings. The van der Waals surface area contributed by atoms with E-state index in [9.17, 15) is 8.78 Å². The van der Waals surface area contributed by atoms with Crippen molar-refractivity contribution in [1.29, 1.82) is 0 Å². The number of ether oxygens (including phenoxy) is 1. The Morgan fingerprint density at radius 3 is 2.21 bits per heavy atom. The zero-order valence-electron chi connectivity index (χ0n) is 11.9. The van der Waals surface area contributed by atoms with Gasteiger partial charge in [-0.1, -0.05) is 13.8 Å². The summed E-state index contributed by atoms with van der Waals surface area (Å²) >= 11 is 0. The molecule has 0 aliphatic carbocycles. The summed E-state index contributed by atoms with van der Waals surface area (Å²) in [5.41, 5.74) is 6.17. The van der Waals surface area contributed by atoms with Gasteiger partial charge in [0, 0.05) is 6.04 Å². The lowest BCUT2D eigenvalue weighted by atomic mass is 10.1. The van der Waals surface area contributed by atoms with Crippen molar-refractivity contribution in [3.05, 3.63) is 29.3 Å². The molecule has 0 radical (unpaired) electrons. The van der Waals surface area contributed by atoms with Crippen molar-refractivity contribution in [2.75, 3.05) is 6.61 Å². The molecule has 0 saturated carbocycles. The molecule has 0 spiro atoms. The molecule has 0 aromatic heterocycles. The third-order valence-electron chi connectivity index (χ3n) is 2.79. The Morgan fingerprint density at radius 2 is 1.74 bits per heavy atom. The van der Waals surface area contributed by atoms with Gasteiger partial charge >= 0.3 is 0 Å². The van der Waals surface area contributed by atoms with Gasteiger partial charge < -0.3 is 10.5 Å². The van der Waals surface area contributed by atoms with Crippen molar-refractivity contribution in [1.82, 2.24) is 0 Å². The maximum Gasteiger partial charge on any atom is 0.190 e. The molecule has 1 aromatic carbocycles. The second-order valence-electron chi connectivity index (χ2n) is 5.45. The Balaban J connectivity index is 2.63. The molecule has 1 atom stereocenters. The van der Waals surface area contributed by atoms with Crippen LogP contribution in [0.25, 0.3) is 0 Å². The fraction of sp³-hybridized carbons (Fsp3) is 0.600. The average molecular weight is 271 g/mol. The third kappa shape index (κ3) is 5.55. The molecule has 0 saturated heterocycles. The summed E-state index contributed by atoms with van der Waals surface area (Å²) in [6.45, 7) is 6.33. The van der Waals surface area contributed by atoms with Gasteiger partial charge in [-0.05, 0) is 49.8 Å². The second-order valence-corrected chi connectivity index (χ2v) is 5.45. The van der Waals surface area contributed by atoms with Crippen molar-refractivity contribution in [3.63, 3.8) is 0 Å². The Bertz CT molecular complexity index is 382. The molecule has 1 unspecified atom stereocenters. The number of rotatable bonds is 7. The first-order valence-electron chi connectivity index (χ1n) is 6.76. The van der Waals surface area contributed by atoms with Crippen LogP contribution >= 0.6 is 0 Å². The maximum atomic E-state index is 13.7. The first-order valence-corrected chi connectivity index (χ1v) is 6.76. The highest BCUT2D eigenvalue weighted by Gasteiger charge is 2.13. The zero-order valence-corrected chi connectivity index (χ0v) is 11.9. The lowest BCUT2D eigenvalue weighted by Crippen LogP contribution is -2.18. The largest absolute Gasteiger partial charge is 0.488 e. The number of nitrogens with two attached hydrogens (primary N) is 1. The Kier molecular flexibility index (Phi) is 6.22. The summed E-state index contributed by atoms with van der Waals surface area (Å²) in [5.74, 6) is -1.02. The summed E-state index contributed by atoms with van der Waals surface area (Å²) in [5, 5.41) is 0. The van der Waals surface area contributed by atoms with Crippen molar-refractivity contribution in [2.45, 2.75) is 46.1 Å². The van der Waals surface area contributed by atoms with E-state index in [1.54, 1.807) is 6.92 Å². The summed E-state index contributed by atoms with van der Waals surface area (Å²) in [6, 6.07) is 2.46. The normalized spacial score (nSPS) is 12.8. The predicted octanol–water partition coefficient (Wildman–Crippen LogP) is 3.67. The minimum absolute atomic E-state index is 0.128. The van der Waals surface area contributed by atoms with Gasteiger partial charge in [0.2, 0.25) is 0 Å². The van der Waals surface area contributed by atoms with E-state index in [-0.39, 0.29) is 11.8 Å². The number of halogens is 2. The summed E-state index contributed by atoms with van der Waals surface area (Å²) in [4.78, 5) is 0. The summed E-state index contributed by atoms with van der Waals surface area (Å²) in [6.07, 6.45) is 2.21. The minimum Gasteiger partial charge on any atom is -0.488 e. The second kappa shape index (κ2) is 7.43. The Morgan fingerprint density at radius 1 is 1.16 bits per heavy atom. The van der Waals surface area contributed by atoms with Crippen LogP contribution in [0.4, 0.5) is 8.78 Å². The highest BCUT2D eigenvalue weighted by molar-refractivity contribution is 5.31. The van der Waals surface area contributed by atoms with Crippen molar-refractivity contribution >= 4 is 0 Å². The lowest BCUT2D eigenvalue weighted by molar-refractivity contribution is 0.270. The molecule has 0 amide bonds. The molecular formula is C15H23F2NO. The molecule has 0 aliphatic rings. The van der Waals surface area contributed by atoms with Crippen LogP contribution < -0.4 is 10.5 Å². The van der Waals surface area contributed by atoms with Crippen LogP contribution in [0.5, 0.6) is 5.75 Å². The zero-order chi connectivity index (χ0) is 14.4. The van der Waals surface area contributed by atoms with Gasteiger partial charge in [0.05, 0.1) is 6.61 Å². The van der Waals surface area contributed by atoms with Crippen LogP contribution in [0.15, 0.2) is 12.1 Å². The van der Waals surface area contributed by atoms with Crippen LogP contribution in [0.2, 0.25) is 0 Å². The van der Waals surface area contributed by atoms with Crippen LogP contribution in [0, 0.1) is 17.6 Å². The molecule has 19 heavy (non-hydrogen) atoms. The van der Waals surface area contributed by atoms with E-state index in [2.05, 4.69) is 13.8 Å². The van der Waals surface area contributed by atoms with Crippen LogP contribution in [0.1, 0.15) is 39.2 Å². The molecule has 0 bridgehead atoms. The number of hydrogen-bond acceptors (Lipinski definition) is 2. The van der Waals surface area contributed by atoms with E-state index >= 15 is 0 Å². The predicted molar refractivity (Wildman–Crippen MR) is 73.3 cm³/mol. The van der Waals surface area contributed by atoms with E-state index in [1.807, 2.05) is 0 Å². The highest BCUT2D eigenvalue weighted by atomic mass is 19.1. The van der Waals surface area contributed by atoms with E-state index in [0.717, 1.165) is 12.8 Å². The molecule has 1 aromatic rings. The van der Waals surface area contributed by atoms with Crippen molar-refractivity contribution < 1.29 is 13.5 Å². The first-order chi connectivity index (χ1) is 8.90. The molecular weight excluding hydrogens is 248 g/mol. The fourth-order valence-corrected chi connectivity index (χ4v) is 1.91. The molecule has 4 heteroatoms. The van der Waals surface area contributed by atoms with Crippen LogP contribution in [-0.4, -0.2) is 12.6 Å². The molecule has 2 nitrogen and oxygen atoms in total. The molecule has 108 valence electrons. The van der Waals surface area contributed by atoms with E-state index in [4.69, 9.17) is 10.5 Å². The maximum absolute atomic E-state index is 13.7. The first kappa shape index (κ1) is 15.9. The Hall–Kier alpha value is -1.16. The van der Waals surface area contributed by atoms with Crippen molar-refractivity contribution in [3.8, 4) is 5.75 Å². The summed E-state index contributed by atoms with van der Waals surface area (Å²) in [7, 11) is 0. The van der Waals surface area contributed by atoms with E-state index in [0.29, 0.717) is 24.5 Å². The summed E-state index contributed by atoms with van der Waals surface area (Å²) < 4.78 is 32.7. The van der Waals surface area contributed by atoms with Crippen LogP contribution in [0.3, 0.4) is 0 Å². The fourth-order valence-electron chi connectivity index (χ4n) is 1.91. The van der Waals surface area contributed by atoms with Gasteiger partial charge in [-0.3, -0.25) is 0 Å². The monoisotopic (exact) mass is 271 g/mol. The molecule has 1 rings (SSSR count). The van der Waals surface area contributed by atoms with Gasteiger partial charge in [-0.2, -0.15) is 0 Å². The highest BCUT2D eigenvalue weighted by Crippen LogP contribution is 2.24. The Labute approximate surface area is 114 Å². The lowest BCUT2D eigenvalue weighted by Gasteiger charge is -2.12. The van der Waals surface area contributed by atoms with E-state index < -0.39 is 11.6 Å². The average Bonchev–Trinajstić information content (AvgIpc) is 2.25. The number of hydrogen-bond donors (Lipinski definition) is 1. The van der Waals surface area contributed by atoms with Crippen molar-refractivity contribution in [2.24, 2.45) is 11.7 Å². The van der Waals surface area contributed by atoms with Gasteiger partial charge in [-0.25, -0.2) is 8.78 Å². The minimum atomic E-state index is -0.653. The van der Waals surface area contributed by atoms with Crippen LogP contribution in [-0.2, 0) is 6.42 Å². The molecule has 0 aliphatic heterocycles. The van der Waals surface area contributed by atoms with Gasteiger partial charge in [0.15, 0.2) is 17.4 Å². The van der Waals surface area contributed by atoms with Gasteiger partial charge in [0.1, 0.15) is 0 Å². The third-order valence-corrected chi connectivity index (χ3v) is 2.79. The smallest absolute Gasteiger partial charge is 0.190 e. The van der Waals surface area contributed by atoms with Gasteiger partial charge in [-0.15, -0.1) is 0 Å². The standard InChI is InChI=1S/C15H23F2NO/c1-10(2)5-4-6-19-15-13(16)8-12(7-11(3)18)9-14(15)17/h8-11H,4-7,18H2,1-3H3. The quantitative estimate of drug-likeness (QED) is 0.768. The molecule has 0 heterocycles. The topological polar surface area (TPSA) is 35.2 Å².